The van der Waals surface area contributed by atoms with Gasteiger partial charge in [0.1, 0.15) is 0 Å². The van der Waals surface area contributed by atoms with Gasteiger partial charge in [0.05, 0.1) is 0 Å². The van der Waals surface area contributed by atoms with Gasteiger partial charge < -0.3 is 0 Å². The van der Waals surface area contributed by atoms with Crippen molar-refractivity contribution in [3.63, 3.8) is 0 Å². The molecule has 1 N–H and O–H groups in total. The number of methoxy groups -OCH3 is 1. The molecule has 0 bridgehead atoms. The van der Waals surface area contributed by atoms with Crippen LogP contribution in [0.2, 0.25) is 0 Å². The van der Waals surface area contributed by atoms with Gasteiger partial charge in [-0.25, -0.2) is 0 Å². The van der Waals surface area contributed by atoms with Crippen LogP contribution in [0, 0.1) is 0 Å². The topological polar surface area (TPSA) is 55.4 Å². The third-order valence-electron chi connectivity index (χ3n) is 2.89. The molecule has 5 heteroatoms. The van der Waals surface area contributed by atoms with Crippen molar-refractivity contribution >= 4 is 24.8 Å². The van der Waals surface area contributed by atoms with E-state index in [0.29, 0.717) is 6.54 Å². The molecule has 1 heterocycles. The molecule has 1 saturated heterocycles. The number of rotatable bonds is 2. The van der Waals surface area contributed by atoms with Crippen LogP contribution in [0.1, 0.15) is 11.5 Å². The molecule has 2 rings (SSSR count). The summed E-state index contributed by atoms with van der Waals surface area (Å²) in [6.45, 7) is 0.628. The molecule has 17 heavy (non-hydrogen) atoms. The first-order valence-electron chi connectivity index (χ1n) is 5.30. The summed E-state index contributed by atoms with van der Waals surface area (Å²) >= 11 is -0.914. The van der Waals surface area contributed by atoms with Crippen molar-refractivity contribution in [2.24, 2.45) is 0 Å². The minimum absolute atomic E-state index is 0.0396. The summed E-state index contributed by atoms with van der Waals surface area (Å²) < 4.78 is 16.8. The van der Waals surface area contributed by atoms with E-state index in [9.17, 15) is 8.63 Å². The summed E-state index contributed by atoms with van der Waals surface area (Å²) in [5, 5.41) is 3.06. The fourth-order valence-electron chi connectivity index (χ4n) is 2.03. The van der Waals surface area contributed by atoms with Crippen LogP contribution >= 0.6 is 0 Å². The van der Waals surface area contributed by atoms with Crippen LogP contribution in [0.15, 0.2) is 30.3 Å². The predicted octanol–water partition coefficient (Wildman–Crippen LogP) is 0.137. The van der Waals surface area contributed by atoms with Gasteiger partial charge in [-0.1, -0.05) is 0 Å². The van der Waals surface area contributed by atoms with Gasteiger partial charge in [-0.3, -0.25) is 0 Å². The molecule has 0 amide bonds. The summed E-state index contributed by atoms with van der Waals surface area (Å²) in [6.07, 6.45) is 0. The number of ether oxygens (including phenoxy) is 1. The Balaban J connectivity index is 2.29. The van der Waals surface area contributed by atoms with E-state index in [1.54, 1.807) is 0 Å². The molecule has 1 unspecified atom stereocenters. The van der Waals surface area contributed by atoms with Gasteiger partial charge in [0, 0.05) is 0 Å². The van der Waals surface area contributed by atoms with Crippen molar-refractivity contribution in [1.82, 2.24) is 5.32 Å². The summed E-state index contributed by atoms with van der Waals surface area (Å²) in [5.74, 6) is -0.325. The average Bonchev–Trinajstić information content (AvgIpc) is 2.82. The normalized spacial score (nSPS) is 23.5. The van der Waals surface area contributed by atoms with E-state index in [4.69, 9.17) is 4.74 Å². The minimum atomic E-state index is -0.914. The van der Waals surface area contributed by atoms with Crippen molar-refractivity contribution in [1.29, 1.82) is 0 Å². The van der Waals surface area contributed by atoms with Gasteiger partial charge in [0.2, 0.25) is 0 Å². The summed E-state index contributed by atoms with van der Waals surface area (Å²) in [5.41, 5.74) is 1.08. The fourth-order valence-corrected chi connectivity index (χ4v) is 3.31. The Morgan fingerprint density at radius 3 is 2.71 bits per heavy atom. The van der Waals surface area contributed by atoms with Crippen molar-refractivity contribution in [2.45, 2.75) is 12.0 Å². The summed E-state index contributed by atoms with van der Waals surface area (Å²) in [4.78, 5) is 11.5. The maximum atomic E-state index is 11.5. The Kier molecular flexibility index (Phi) is 3.94. The molecule has 0 radical (unpaired) electrons. The zero-order valence-electron chi connectivity index (χ0n) is 9.38. The molecule has 1 aromatic carbocycles. The molecule has 1 aromatic rings. The van der Waals surface area contributed by atoms with Crippen molar-refractivity contribution in [3.05, 3.63) is 35.9 Å². The van der Waals surface area contributed by atoms with E-state index in [1.165, 1.54) is 7.11 Å². The molecule has 1 aliphatic heterocycles. The third-order valence-corrected chi connectivity index (χ3v) is 4.38. The average molecular weight is 298 g/mol. The number of esters is 1. The molecule has 0 saturated carbocycles. The van der Waals surface area contributed by atoms with Crippen molar-refractivity contribution in [3.8, 4) is 0 Å². The predicted molar refractivity (Wildman–Crippen MR) is 64.4 cm³/mol. The fraction of sp³-hybridized carbons (Fsp3) is 0.333. The number of carbonyl (C=O) groups excluding carboxylic acids is 1. The molecule has 4 nitrogen and oxygen atoms in total. The third kappa shape index (κ3) is 2.41. The van der Waals surface area contributed by atoms with Crippen LogP contribution < -0.4 is 5.32 Å². The van der Waals surface area contributed by atoms with Gasteiger partial charge >= 0.3 is 105 Å². The maximum absolute atomic E-state index is 11.5. The molecule has 0 aliphatic carbocycles. The molecule has 1 fully saturated rings. The summed E-state index contributed by atoms with van der Waals surface area (Å²) in [7, 11) is 1.34. The van der Waals surface area contributed by atoms with Gasteiger partial charge in [-0.05, 0) is 0 Å². The van der Waals surface area contributed by atoms with E-state index < -0.39 is 20.5 Å². The summed E-state index contributed by atoms with van der Waals surface area (Å²) in [6, 6.07) is 9.26. The van der Waals surface area contributed by atoms with E-state index in [2.05, 4.69) is 5.32 Å². The van der Waals surface area contributed by atoms with E-state index >= 15 is 0 Å². The van der Waals surface area contributed by atoms with E-state index in [0.717, 1.165) is 9.98 Å². The van der Waals surface area contributed by atoms with Gasteiger partial charge in [-0.15, -0.1) is 0 Å². The van der Waals surface area contributed by atoms with E-state index in [-0.39, 0.29) is 11.9 Å². The van der Waals surface area contributed by atoms with Gasteiger partial charge in [0.25, 0.3) is 0 Å². The Hall–Kier alpha value is -1.16. The number of hydrogen-bond acceptors (Lipinski definition) is 4. The van der Waals surface area contributed by atoms with Crippen LogP contribution in [0.4, 0.5) is 0 Å². The molecule has 90 valence electrons. The Morgan fingerprint density at radius 2 is 2.12 bits per heavy atom. The molecule has 2 atom stereocenters. The second-order valence-electron chi connectivity index (χ2n) is 3.81. The van der Waals surface area contributed by atoms with Crippen LogP contribution in [0.25, 0.3) is 0 Å². The second kappa shape index (κ2) is 5.45. The Bertz CT molecular complexity index is 468. The van der Waals surface area contributed by atoms with Crippen LogP contribution in [0.5, 0.6) is 0 Å². The van der Waals surface area contributed by atoms with Crippen LogP contribution in [-0.2, 0) is 13.4 Å². The number of hydrogen-bond donors (Lipinski definition) is 1. The number of benzene rings is 1. The molecule has 0 spiro atoms. The SMILES string of the molecule is COC(=O)[C@H]1NCC(c2ccccc2)C1=[Se]=O. The Labute approximate surface area is 105 Å². The van der Waals surface area contributed by atoms with Crippen molar-refractivity contribution < 1.29 is 13.4 Å². The zero-order chi connectivity index (χ0) is 12.3. The quantitative estimate of drug-likeness (QED) is 0.623. The second-order valence-corrected chi connectivity index (χ2v) is 5.15. The first-order chi connectivity index (χ1) is 8.27. The van der Waals surface area contributed by atoms with Crippen molar-refractivity contribution in [2.75, 3.05) is 13.7 Å². The van der Waals surface area contributed by atoms with Gasteiger partial charge in [-0.2, -0.15) is 0 Å². The van der Waals surface area contributed by atoms with Crippen LogP contribution in [0.3, 0.4) is 0 Å². The first kappa shape index (κ1) is 12.3. The Morgan fingerprint density at radius 1 is 1.41 bits per heavy atom. The standard InChI is InChI=1S/C12H13NO3Se/c1-16-12(14)10-11(17-15)9(7-13-10)8-5-3-2-4-6-8/h2-6,9-10,13H,7H2,1H3/t9?,10-/m0/s1. The number of carbonyl (C=O) groups is 1. The molecule has 0 aromatic heterocycles. The first-order valence-corrected chi connectivity index (χ1v) is 6.86. The monoisotopic (exact) mass is 299 g/mol. The zero-order valence-corrected chi connectivity index (χ0v) is 11.1. The number of nitrogens with one attached hydrogen (secondary N) is 1. The molecular weight excluding hydrogens is 285 g/mol. The molecular formula is C12H13NO3Se. The van der Waals surface area contributed by atoms with Crippen LogP contribution in [-0.4, -0.2) is 44.5 Å². The van der Waals surface area contributed by atoms with Gasteiger partial charge in [0.15, 0.2) is 0 Å². The molecule has 1 aliphatic rings. The van der Waals surface area contributed by atoms with E-state index in [1.807, 2.05) is 30.3 Å².